The number of nitro benzene ring substituents is 2. The zero-order valence-electron chi connectivity index (χ0n) is 18.9. The molecule has 0 saturated heterocycles. The predicted molar refractivity (Wildman–Crippen MR) is 119 cm³/mol. The number of aliphatic hydroxyl groups is 1. The predicted octanol–water partition coefficient (Wildman–Crippen LogP) is 5.28. The first-order valence-corrected chi connectivity index (χ1v) is 10.2. The Morgan fingerprint density at radius 2 is 1.67 bits per heavy atom. The highest BCUT2D eigenvalue weighted by molar-refractivity contribution is 6.26. The lowest BCUT2D eigenvalue weighted by atomic mass is 9.81. The number of aryl methyl sites for hydroxylation is 1. The maximum atomic E-state index is 13.2. The second-order valence-electron chi connectivity index (χ2n) is 8.62. The summed E-state index contributed by atoms with van der Waals surface area (Å²) in [5.41, 5.74) is -2.05. The molecule has 0 unspecified atom stereocenters. The van der Waals surface area contributed by atoms with Gasteiger partial charge in [0.1, 0.15) is 22.7 Å². The number of hydrogen-bond acceptors (Lipinski definition) is 8. The Morgan fingerprint density at radius 1 is 1.00 bits per heavy atom. The van der Waals surface area contributed by atoms with Crippen LogP contribution < -0.4 is 4.74 Å². The Labute approximate surface area is 189 Å². The Balaban J connectivity index is 2.14. The van der Waals surface area contributed by atoms with Crippen LogP contribution in [0.1, 0.15) is 45.7 Å². The molecule has 10 heteroatoms. The first kappa shape index (κ1) is 23.9. The molecule has 1 aliphatic heterocycles. The number of nitro groups is 2. The zero-order valence-corrected chi connectivity index (χ0v) is 18.9. The van der Waals surface area contributed by atoms with Gasteiger partial charge in [-0.1, -0.05) is 13.0 Å². The number of Topliss-reactive ketones (excluding diaryl/α,β-unsaturated/α-hetero) is 1. The number of non-ortho nitro benzene ring substituents is 1. The van der Waals surface area contributed by atoms with Crippen molar-refractivity contribution in [3.8, 4) is 11.5 Å². The molecule has 0 atom stereocenters. The molecule has 3 rings (SSSR count). The number of aliphatic hydroxyl groups excluding tert-OH is 1. The SMILES string of the molecule is CCc1ccc(Oc2ccc([N+](=O)[O-])cc2[N+](=O)[O-])cc1C1=C(O)C(C)(C)OC(C)(C)C1=O. The van der Waals surface area contributed by atoms with Crippen LogP contribution in [0.4, 0.5) is 11.4 Å². The largest absolute Gasteiger partial charge is 0.508 e. The minimum atomic E-state index is -1.19. The molecule has 1 N–H and O–H groups in total. The zero-order chi connectivity index (χ0) is 24.7. The molecule has 0 bridgehead atoms. The molecule has 0 aliphatic carbocycles. The first-order valence-electron chi connectivity index (χ1n) is 10.2. The van der Waals surface area contributed by atoms with Crippen molar-refractivity contribution in [2.45, 2.75) is 52.2 Å². The van der Waals surface area contributed by atoms with Crippen LogP contribution in [0.25, 0.3) is 5.57 Å². The maximum absolute atomic E-state index is 13.2. The molecule has 33 heavy (non-hydrogen) atoms. The summed E-state index contributed by atoms with van der Waals surface area (Å²) in [5, 5.41) is 33.3. The summed E-state index contributed by atoms with van der Waals surface area (Å²) in [6, 6.07) is 7.86. The van der Waals surface area contributed by atoms with Crippen LogP contribution in [0.3, 0.4) is 0 Å². The van der Waals surface area contributed by atoms with Gasteiger partial charge in [0.05, 0.1) is 21.5 Å². The van der Waals surface area contributed by atoms with Crippen LogP contribution in [-0.4, -0.2) is 31.9 Å². The fourth-order valence-corrected chi connectivity index (χ4v) is 3.83. The van der Waals surface area contributed by atoms with Crippen molar-refractivity contribution < 1.29 is 29.2 Å². The van der Waals surface area contributed by atoms with Crippen LogP contribution in [0.5, 0.6) is 11.5 Å². The number of carbonyl (C=O) groups excluding carboxylic acids is 1. The van der Waals surface area contributed by atoms with Crippen molar-refractivity contribution in [3.05, 3.63) is 73.5 Å². The van der Waals surface area contributed by atoms with Gasteiger partial charge in [0.2, 0.25) is 5.75 Å². The highest BCUT2D eigenvalue weighted by Crippen LogP contribution is 2.42. The molecule has 0 amide bonds. The van der Waals surface area contributed by atoms with E-state index in [4.69, 9.17) is 9.47 Å². The van der Waals surface area contributed by atoms with Gasteiger partial charge >= 0.3 is 5.69 Å². The Kier molecular flexibility index (Phi) is 5.99. The van der Waals surface area contributed by atoms with Crippen molar-refractivity contribution in [2.75, 3.05) is 0 Å². The number of rotatable bonds is 6. The van der Waals surface area contributed by atoms with E-state index in [0.29, 0.717) is 12.0 Å². The number of carbonyl (C=O) groups is 1. The second-order valence-corrected chi connectivity index (χ2v) is 8.62. The van der Waals surface area contributed by atoms with Gasteiger partial charge < -0.3 is 14.6 Å². The average Bonchev–Trinajstić information content (AvgIpc) is 2.72. The van der Waals surface area contributed by atoms with Crippen LogP contribution in [0.15, 0.2) is 42.2 Å². The van der Waals surface area contributed by atoms with Crippen molar-refractivity contribution in [2.24, 2.45) is 0 Å². The van der Waals surface area contributed by atoms with Crippen LogP contribution >= 0.6 is 0 Å². The van der Waals surface area contributed by atoms with Gasteiger partial charge in [-0.15, -0.1) is 0 Å². The molecule has 1 heterocycles. The van der Waals surface area contributed by atoms with Crippen molar-refractivity contribution in [1.29, 1.82) is 0 Å². The lowest BCUT2D eigenvalue weighted by Crippen LogP contribution is -2.49. The van der Waals surface area contributed by atoms with E-state index in [0.717, 1.165) is 23.8 Å². The Hall–Kier alpha value is -3.79. The smallest absolute Gasteiger partial charge is 0.318 e. The normalized spacial score (nSPS) is 17.1. The number of benzene rings is 2. The lowest BCUT2D eigenvalue weighted by Gasteiger charge is -2.40. The molecular weight excluding hydrogens is 432 g/mol. The average molecular weight is 456 g/mol. The van der Waals surface area contributed by atoms with Crippen molar-refractivity contribution >= 4 is 22.7 Å². The van der Waals surface area contributed by atoms with Crippen LogP contribution in [0, 0.1) is 20.2 Å². The van der Waals surface area contributed by atoms with Crippen molar-refractivity contribution in [1.82, 2.24) is 0 Å². The van der Waals surface area contributed by atoms with E-state index in [-0.39, 0.29) is 22.8 Å². The highest BCUT2D eigenvalue weighted by atomic mass is 16.6. The van der Waals surface area contributed by atoms with E-state index in [1.807, 2.05) is 6.92 Å². The topological polar surface area (TPSA) is 142 Å². The molecule has 1 aliphatic rings. The summed E-state index contributed by atoms with van der Waals surface area (Å²) in [4.78, 5) is 34.1. The Morgan fingerprint density at radius 3 is 2.24 bits per heavy atom. The summed E-state index contributed by atoms with van der Waals surface area (Å²) >= 11 is 0. The maximum Gasteiger partial charge on any atom is 0.318 e. The van der Waals surface area contributed by atoms with Gasteiger partial charge in [-0.2, -0.15) is 0 Å². The molecule has 0 spiro atoms. The van der Waals surface area contributed by atoms with Gasteiger partial charge in [0.15, 0.2) is 5.78 Å². The summed E-state index contributed by atoms with van der Waals surface area (Å²) in [6.07, 6.45) is 0.541. The molecule has 10 nitrogen and oxygen atoms in total. The van der Waals surface area contributed by atoms with E-state index < -0.39 is 38.2 Å². The standard InChI is InChI=1S/C23H24N2O8/c1-6-13-7-9-15(32-18-10-8-14(24(28)29)11-17(18)25(30)31)12-16(13)19-20(26)22(2,3)33-23(4,5)21(19)27/h7-12,26H,6H2,1-5H3. The van der Waals surface area contributed by atoms with E-state index in [9.17, 15) is 30.1 Å². The fourth-order valence-electron chi connectivity index (χ4n) is 3.83. The second kappa shape index (κ2) is 8.28. The van der Waals surface area contributed by atoms with Gasteiger partial charge in [-0.25, -0.2) is 0 Å². The number of nitrogens with zero attached hydrogens (tertiary/aromatic N) is 2. The quantitative estimate of drug-likeness (QED) is 0.457. The molecule has 0 saturated carbocycles. The summed E-state index contributed by atoms with van der Waals surface area (Å²) in [7, 11) is 0. The summed E-state index contributed by atoms with van der Waals surface area (Å²) in [6.45, 7) is 8.44. The van der Waals surface area contributed by atoms with E-state index in [1.54, 1.807) is 39.8 Å². The lowest BCUT2D eigenvalue weighted by molar-refractivity contribution is -0.394. The monoisotopic (exact) mass is 456 g/mol. The van der Waals surface area contributed by atoms with E-state index >= 15 is 0 Å². The summed E-state index contributed by atoms with van der Waals surface area (Å²) < 4.78 is 11.5. The minimum absolute atomic E-state index is 0.0942. The molecule has 2 aromatic rings. The van der Waals surface area contributed by atoms with Crippen molar-refractivity contribution in [3.63, 3.8) is 0 Å². The van der Waals surface area contributed by atoms with Gasteiger partial charge in [0, 0.05) is 6.07 Å². The minimum Gasteiger partial charge on any atom is -0.508 e. The van der Waals surface area contributed by atoms with Gasteiger partial charge in [0.25, 0.3) is 5.69 Å². The molecular formula is C23H24N2O8. The van der Waals surface area contributed by atoms with Gasteiger partial charge in [-0.3, -0.25) is 25.0 Å². The highest BCUT2D eigenvalue weighted by Gasteiger charge is 2.47. The third-order valence-corrected chi connectivity index (χ3v) is 5.40. The molecule has 0 radical (unpaired) electrons. The van der Waals surface area contributed by atoms with Gasteiger partial charge in [-0.05, 0) is 63.4 Å². The molecule has 0 aromatic heterocycles. The molecule has 174 valence electrons. The molecule has 0 fully saturated rings. The van der Waals surface area contributed by atoms with E-state index in [2.05, 4.69) is 0 Å². The fraction of sp³-hybridized carbons (Fsp3) is 0.348. The number of ketones is 1. The third-order valence-electron chi connectivity index (χ3n) is 5.40. The van der Waals surface area contributed by atoms with E-state index in [1.165, 1.54) is 6.07 Å². The third kappa shape index (κ3) is 4.42. The number of hydrogen-bond donors (Lipinski definition) is 1. The summed E-state index contributed by atoms with van der Waals surface area (Å²) in [5.74, 6) is -0.667. The van der Waals surface area contributed by atoms with Crippen LogP contribution in [-0.2, 0) is 16.0 Å². The first-order chi connectivity index (χ1) is 15.3. The molecule has 2 aromatic carbocycles. The van der Waals surface area contributed by atoms with Crippen LogP contribution in [0.2, 0.25) is 0 Å². The number of ether oxygens (including phenoxy) is 2. The Bertz CT molecular complexity index is 1200.